The van der Waals surface area contributed by atoms with E-state index in [9.17, 15) is 19.8 Å². The first kappa shape index (κ1) is 23.1. The van der Waals surface area contributed by atoms with Crippen molar-refractivity contribution >= 4 is 24.4 Å². The fourth-order valence-electron chi connectivity index (χ4n) is 3.31. The molecule has 166 valence electrons. The van der Waals surface area contributed by atoms with E-state index in [1.165, 1.54) is 22.5 Å². The maximum absolute atomic E-state index is 12.9. The van der Waals surface area contributed by atoms with E-state index < -0.39 is 11.8 Å². The Morgan fingerprint density at radius 1 is 1.30 bits per heavy atom. The summed E-state index contributed by atoms with van der Waals surface area (Å²) in [5.41, 5.74) is 0.462. The van der Waals surface area contributed by atoms with E-state index in [4.69, 9.17) is 4.74 Å². The van der Waals surface area contributed by atoms with E-state index in [-0.39, 0.29) is 35.9 Å². The van der Waals surface area contributed by atoms with Crippen LogP contribution in [0.25, 0.3) is 0 Å². The van der Waals surface area contributed by atoms with Crippen molar-refractivity contribution in [2.24, 2.45) is 0 Å². The highest BCUT2D eigenvalue weighted by Crippen LogP contribution is 2.40. The standard InChI is InChI=1S/C18H27N5O5S2/c1-12-9-23(16-8-14(25)15(11-24)30-16)18(27)22(17(12)26)3-6-28-5-2-13-10-21(4-7-29)20-19-13/h9-10,14-16,24-25,29H,2-8,11H2,1H3. The van der Waals surface area contributed by atoms with E-state index in [1.54, 1.807) is 11.6 Å². The van der Waals surface area contributed by atoms with E-state index >= 15 is 0 Å². The lowest BCUT2D eigenvalue weighted by atomic mass is 10.2. The molecule has 1 saturated heterocycles. The zero-order valence-corrected chi connectivity index (χ0v) is 18.5. The van der Waals surface area contributed by atoms with Crippen molar-refractivity contribution < 1.29 is 14.9 Å². The summed E-state index contributed by atoms with van der Waals surface area (Å²) in [6.07, 6.45) is 3.61. The average molecular weight is 458 g/mol. The molecule has 0 radical (unpaired) electrons. The molecule has 3 heterocycles. The summed E-state index contributed by atoms with van der Waals surface area (Å²) >= 11 is 5.49. The highest BCUT2D eigenvalue weighted by atomic mass is 32.2. The van der Waals surface area contributed by atoms with E-state index in [0.717, 1.165) is 10.3 Å². The average Bonchev–Trinajstić information content (AvgIpc) is 3.33. The van der Waals surface area contributed by atoms with Gasteiger partial charge in [0, 0.05) is 36.6 Å². The molecule has 3 rings (SSSR count). The second-order valence-electron chi connectivity index (χ2n) is 7.13. The molecular weight excluding hydrogens is 430 g/mol. The van der Waals surface area contributed by atoms with Gasteiger partial charge >= 0.3 is 5.69 Å². The SMILES string of the molecule is Cc1cn(C2CC(O)C(CO)S2)c(=O)n(CCOCCc2cn(CCS)nn2)c1=O. The Labute approximate surface area is 183 Å². The van der Waals surface area contributed by atoms with Gasteiger partial charge in [-0.15, -0.1) is 16.9 Å². The Kier molecular flexibility index (Phi) is 8.17. The number of nitrogens with zero attached hydrogens (tertiary/aromatic N) is 5. The predicted molar refractivity (Wildman–Crippen MR) is 116 cm³/mol. The topological polar surface area (TPSA) is 124 Å². The molecule has 30 heavy (non-hydrogen) atoms. The molecule has 2 aromatic rings. The number of thiol groups is 1. The van der Waals surface area contributed by atoms with Crippen molar-refractivity contribution in [2.75, 3.05) is 25.6 Å². The van der Waals surface area contributed by atoms with Gasteiger partial charge in [-0.05, 0) is 6.92 Å². The third kappa shape index (κ3) is 5.35. The van der Waals surface area contributed by atoms with Crippen LogP contribution in [0, 0.1) is 6.92 Å². The molecule has 3 unspecified atom stereocenters. The largest absolute Gasteiger partial charge is 0.395 e. The monoisotopic (exact) mass is 457 g/mol. The van der Waals surface area contributed by atoms with E-state index in [0.29, 0.717) is 37.3 Å². The smallest absolute Gasteiger partial charge is 0.332 e. The second-order valence-corrected chi connectivity index (χ2v) is 9.00. The number of aliphatic hydroxyl groups is 2. The molecular formula is C18H27N5O5S2. The van der Waals surface area contributed by atoms with Crippen LogP contribution in [-0.2, 0) is 24.2 Å². The molecule has 0 amide bonds. The number of hydrogen-bond acceptors (Lipinski definition) is 9. The summed E-state index contributed by atoms with van der Waals surface area (Å²) < 4.78 is 9.95. The summed E-state index contributed by atoms with van der Waals surface area (Å²) in [7, 11) is 0. The summed E-state index contributed by atoms with van der Waals surface area (Å²) in [6, 6.07) is 0. The van der Waals surface area contributed by atoms with Crippen LogP contribution in [0.5, 0.6) is 0 Å². The fraction of sp³-hybridized carbons (Fsp3) is 0.667. The molecule has 2 N–H and O–H groups in total. The zero-order valence-electron chi connectivity index (χ0n) is 16.8. The highest BCUT2D eigenvalue weighted by molar-refractivity contribution is 8.00. The first-order chi connectivity index (χ1) is 14.4. The lowest BCUT2D eigenvalue weighted by Gasteiger charge is -2.16. The minimum absolute atomic E-state index is 0.134. The van der Waals surface area contributed by atoms with Gasteiger partial charge in [-0.1, -0.05) is 5.21 Å². The third-order valence-corrected chi connectivity index (χ3v) is 6.68. The number of thioether (sulfide) groups is 1. The van der Waals surface area contributed by atoms with Crippen LogP contribution < -0.4 is 11.2 Å². The zero-order chi connectivity index (χ0) is 21.7. The van der Waals surface area contributed by atoms with Crippen molar-refractivity contribution in [3.05, 3.63) is 44.5 Å². The van der Waals surface area contributed by atoms with E-state index in [1.807, 2.05) is 6.20 Å². The van der Waals surface area contributed by atoms with Crippen LogP contribution in [0.4, 0.5) is 0 Å². The molecule has 0 bridgehead atoms. The van der Waals surface area contributed by atoms with Gasteiger partial charge < -0.3 is 14.9 Å². The number of rotatable bonds is 10. The first-order valence-corrected chi connectivity index (χ1v) is 11.4. The van der Waals surface area contributed by atoms with Gasteiger partial charge in [-0.25, -0.2) is 4.79 Å². The van der Waals surface area contributed by atoms with Crippen LogP contribution >= 0.6 is 24.4 Å². The number of ether oxygens (including phenoxy) is 1. The second kappa shape index (κ2) is 10.6. The van der Waals surface area contributed by atoms with Gasteiger partial charge in [0.2, 0.25) is 0 Å². The molecule has 10 nitrogen and oxygen atoms in total. The molecule has 1 aliphatic rings. The normalized spacial score (nSPS) is 21.4. The first-order valence-electron chi connectivity index (χ1n) is 9.79. The van der Waals surface area contributed by atoms with Crippen molar-refractivity contribution in [1.82, 2.24) is 24.1 Å². The van der Waals surface area contributed by atoms with E-state index in [2.05, 4.69) is 22.9 Å². The van der Waals surface area contributed by atoms with Crippen molar-refractivity contribution in [3.63, 3.8) is 0 Å². The van der Waals surface area contributed by atoms with Crippen LogP contribution in [-0.4, -0.2) is 71.3 Å². The molecule has 2 aromatic heterocycles. The summed E-state index contributed by atoms with van der Waals surface area (Å²) in [5.74, 6) is 0.682. The van der Waals surface area contributed by atoms with Gasteiger partial charge in [0.25, 0.3) is 5.56 Å². The molecule has 0 aromatic carbocycles. The van der Waals surface area contributed by atoms with Crippen molar-refractivity contribution in [1.29, 1.82) is 0 Å². The van der Waals surface area contributed by atoms with Gasteiger partial charge in [0.1, 0.15) is 0 Å². The molecule has 0 saturated carbocycles. The summed E-state index contributed by atoms with van der Waals surface area (Å²) in [4.78, 5) is 25.3. The molecule has 0 aliphatic carbocycles. The molecule has 3 atom stereocenters. The predicted octanol–water partition coefficient (Wildman–Crippen LogP) is -0.544. The molecule has 12 heteroatoms. The van der Waals surface area contributed by atoms with Crippen LogP contribution in [0.15, 0.2) is 22.0 Å². The summed E-state index contributed by atoms with van der Waals surface area (Å²) in [6.45, 7) is 2.93. The van der Waals surface area contributed by atoms with Crippen molar-refractivity contribution in [3.8, 4) is 0 Å². The number of aromatic nitrogens is 5. The lowest BCUT2D eigenvalue weighted by molar-refractivity contribution is 0.125. The number of aryl methyl sites for hydroxylation is 2. The maximum Gasteiger partial charge on any atom is 0.332 e. The number of aliphatic hydroxyl groups excluding tert-OH is 2. The Morgan fingerprint density at radius 3 is 2.80 bits per heavy atom. The quantitative estimate of drug-likeness (QED) is 0.321. The molecule has 1 fully saturated rings. The minimum atomic E-state index is -0.688. The Bertz CT molecular complexity index is 959. The number of hydrogen-bond donors (Lipinski definition) is 3. The lowest BCUT2D eigenvalue weighted by Crippen LogP contribution is -2.42. The van der Waals surface area contributed by atoms with Crippen LogP contribution in [0.3, 0.4) is 0 Å². The summed E-state index contributed by atoms with van der Waals surface area (Å²) in [5, 5.41) is 26.8. The Balaban J connectivity index is 1.59. The molecule has 1 aliphatic heterocycles. The van der Waals surface area contributed by atoms with Crippen LogP contribution in [0.1, 0.15) is 23.1 Å². The van der Waals surface area contributed by atoms with Crippen LogP contribution in [0.2, 0.25) is 0 Å². The maximum atomic E-state index is 12.9. The molecule has 0 spiro atoms. The Morgan fingerprint density at radius 2 is 2.10 bits per heavy atom. The van der Waals surface area contributed by atoms with Gasteiger partial charge in [0.05, 0.1) is 55.3 Å². The Hall–Kier alpha value is -1.60. The highest BCUT2D eigenvalue weighted by Gasteiger charge is 2.35. The van der Waals surface area contributed by atoms with Gasteiger partial charge in [-0.2, -0.15) is 12.6 Å². The van der Waals surface area contributed by atoms with Gasteiger partial charge in [-0.3, -0.25) is 18.6 Å². The third-order valence-electron chi connectivity index (χ3n) is 4.94. The fourth-order valence-corrected chi connectivity index (χ4v) is 4.89. The van der Waals surface area contributed by atoms with Crippen molar-refractivity contribution in [2.45, 2.75) is 49.6 Å². The minimum Gasteiger partial charge on any atom is -0.395 e. The van der Waals surface area contributed by atoms with Gasteiger partial charge in [0.15, 0.2) is 0 Å².